The van der Waals surface area contributed by atoms with Crippen molar-refractivity contribution >= 4 is 48.9 Å². The summed E-state index contributed by atoms with van der Waals surface area (Å²) in [6, 6.07) is 0. The van der Waals surface area contributed by atoms with Crippen LogP contribution in [-0.2, 0) is 0 Å². The van der Waals surface area contributed by atoms with Crippen LogP contribution in [0.25, 0.3) is 0 Å². The van der Waals surface area contributed by atoms with E-state index < -0.39 is 5.09 Å². The van der Waals surface area contributed by atoms with Gasteiger partial charge >= 0.3 is 78.4 Å². The Bertz CT molecular complexity index is 33.8. The van der Waals surface area contributed by atoms with Gasteiger partial charge in [0.1, 0.15) is 0 Å². The fraction of sp³-hybridized carbons (Fsp3) is 0. The van der Waals surface area contributed by atoms with E-state index in [-0.39, 0.29) is 78.4 Å². The maximum atomic E-state index is 8.25. The Morgan fingerprint density at radius 2 is 1.33 bits per heavy atom. The molecule has 6 heavy (non-hydrogen) atoms. The van der Waals surface area contributed by atoms with Gasteiger partial charge in [-0.3, -0.25) is 0 Å². The Hall–Kier alpha value is 1.77. The van der Waals surface area contributed by atoms with Gasteiger partial charge in [0.2, 0.25) is 0 Å². The van der Waals surface area contributed by atoms with Crippen molar-refractivity contribution in [3.63, 3.8) is 0 Å². The van der Waals surface area contributed by atoms with Crippen LogP contribution in [0.15, 0.2) is 0 Å². The van der Waals surface area contributed by atoms with Gasteiger partial charge in [0, 0.05) is 0 Å². The molecule has 0 rings (SSSR count). The van der Waals surface area contributed by atoms with E-state index in [9.17, 15) is 0 Å². The van der Waals surface area contributed by atoms with E-state index in [0.717, 1.165) is 0 Å². The summed E-state index contributed by atoms with van der Waals surface area (Å²) in [5.41, 5.74) is 0. The molecule has 0 spiro atoms. The second-order valence-corrected chi connectivity index (χ2v) is 0.224. The van der Waals surface area contributed by atoms with Crippen LogP contribution in [0.1, 0.15) is 0 Å². The van der Waals surface area contributed by atoms with E-state index >= 15 is 0 Å². The normalized spacial score (nSPS) is 4.00. The summed E-state index contributed by atoms with van der Waals surface area (Å²) in [6.45, 7) is 0. The molecule has 0 atom stereocenters. The molecule has 0 saturated carbocycles. The van der Waals surface area contributed by atoms with Crippen molar-refractivity contribution in [2.75, 3.05) is 0 Å². The molecule has 0 aromatic heterocycles. The molecular formula is H2BaNNaO3. The molecule has 0 aliphatic rings. The van der Waals surface area contributed by atoms with Crippen molar-refractivity contribution in [1.29, 1.82) is 0 Å². The third kappa shape index (κ3) is 41.9. The molecule has 0 fully saturated rings. The summed E-state index contributed by atoms with van der Waals surface area (Å²) in [5.74, 6) is 0. The molecule has 0 saturated heterocycles. The van der Waals surface area contributed by atoms with Gasteiger partial charge in [-0.2, -0.15) is 0 Å². The van der Waals surface area contributed by atoms with Gasteiger partial charge in [-0.05, 0) is 0 Å². The fourth-order valence-corrected chi connectivity index (χ4v) is 0. The van der Waals surface area contributed by atoms with Crippen LogP contribution >= 0.6 is 0 Å². The fourth-order valence-electron chi connectivity index (χ4n) is 0. The topological polar surface area (TPSA) is 66.2 Å². The molecule has 0 N–H and O–H groups in total. The Morgan fingerprint density at radius 3 is 1.33 bits per heavy atom. The Morgan fingerprint density at radius 1 is 1.33 bits per heavy atom. The molecular weight excluding hydrogens is 222 g/mol. The second kappa shape index (κ2) is 9.91. The monoisotopic (exact) mass is 225 g/mol. The number of hydrogen-bond acceptors (Lipinski definition) is 3. The molecule has 0 aliphatic heterocycles. The summed E-state index contributed by atoms with van der Waals surface area (Å²) >= 11 is 0. The third-order valence-corrected chi connectivity index (χ3v) is 0. The van der Waals surface area contributed by atoms with Gasteiger partial charge in [0.25, 0.3) is 0 Å². The SMILES string of the molecule is O=[N+]([O-])[O-].[BaH2].[Na+]. The molecule has 0 unspecified atom stereocenters. The summed E-state index contributed by atoms with van der Waals surface area (Å²) in [7, 11) is 0. The Labute approximate surface area is 96.8 Å². The van der Waals surface area contributed by atoms with E-state index in [4.69, 9.17) is 15.3 Å². The Kier molecular flexibility index (Phi) is 25.8. The summed E-state index contributed by atoms with van der Waals surface area (Å²) in [6.07, 6.45) is 0. The van der Waals surface area contributed by atoms with Gasteiger partial charge in [0.15, 0.2) is 0 Å². The van der Waals surface area contributed by atoms with Crippen LogP contribution in [0.2, 0.25) is 0 Å². The molecule has 0 bridgehead atoms. The van der Waals surface area contributed by atoms with E-state index in [2.05, 4.69) is 0 Å². The standard InChI is InChI=1S/Ba.NO3.Na.2H/c;2-1(3)4;;;/q;-1;+1;;. The number of hydrogen-bond donors (Lipinski definition) is 0. The average Bonchev–Trinajstić information content (AvgIpc) is 0.811. The van der Waals surface area contributed by atoms with Crippen molar-refractivity contribution in [2.24, 2.45) is 0 Å². The molecule has 0 heterocycles. The molecule has 6 heteroatoms. The zero-order valence-corrected chi connectivity index (χ0v) is 4.67. The van der Waals surface area contributed by atoms with Crippen LogP contribution in [-0.4, -0.2) is 54.0 Å². The van der Waals surface area contributed by atoms with E-state index in [1.807, 2.05) is 0 Å². The number of nitrogens with zero attached hydrogens (tertiary/aromatic N) is 1. The molecule has 4 nitrogen and oxygen atoms in total. The number of rotatable bonds is 0. The van der Waals surface area contributed by atoms with Crippen molar-refractivity contribution in [3.8, 4) is 0 Å². The van der Waals surface area contributed by atoms with Crippen LogP contribution in [0.3, 0.4) is 0 Å². The first-order chi connectivity index (χ1) is 1.73. The zero-order chi connectivity index (χ0) is 3.58. The quantitative estimate of drug-likeness (QED) is 0.238. The maximum Gasteiger partial charge on any atom is 1.00 e. The zero-order valence-electron chi connectivity index (χ0n) is 2.67. The predicted molar refractivity (Wildman–Crippen MR) is 18.9 cm³/mol. The molecule has 0 aromatic carbocycles. The predicted octanol–water partition coefficient (Wildman–Crippen LogP) is -4.15. The second-order valence-electron chi connectivity index (χ2n) is 0.224. The van der Waals surface area contributed by atoms with Crippen molar-refractivity contribution in [3.05, 3.63) is 15.3 Å². The van der Waals surface area contributed by atoms with Crippen LogP contribution in [0.5, 0.6) is 0 Å². The van der Waals surface area contributed by atoms with Crippen molar-refractivity contribution in [1.82, 2.24) is 0 Å². The largest absolute Gasteiger partial charge is 1.00 e. The minimum absolute atomic E-state index is 0. The Balaban J connectivity index is -0.0000000450. The first-order valence-corrected chi connectivity index (χ1v) is 0.548. The summed E-state index contributed by atoms with van der Waals surface area (Å²) < 4.78 is 0. The average molecular weight is 224 g/mol. The first kappa shape index (κ1) is 15.7. The van der Waals surface area contributed by atoms with Gasteiger partial charge in [-0.1, -0.05) is 0 Å². The van der Waals surface area contributed by atoms with Crippen molar-refractivity contribution < 1.29 is 34.6 Å². The smallest absolute Gasteiger partial charge is 1.00 e. The van der Waals surface area contributed by atoms with Crippen LogP contribution < -0.4 is 29.6 Å². The van der Waals surface area contributed by atoms with E-state index in [0.29, 0.717) is 0 Å². The van der Waals surface area contributed by atoms with E-state index in [1.165, 1.54) is 0 Å². The molecule has 0 radical (unpaired) electrons. The van der Waals surface area contributed by atoms with E-state index in [1.54, 1.807) is 0 Å². The third-order valence-electron chi connectivity index (χ3n) is 0. The van der Waals surface area contributed by atoms with Gasteiger partial charge < -0.3 is 15.3 Å². The molecule has 0 aliphatic carbocycles. The minimum atomic E-state index is -1.75. The maximum absolute atomic E-state index is 8.25. The minimum Gasteiger partial charge on any atom is 1.00 e. The summed E-state index contributed by atoms with van der Waals surface area (Å²) in [5, 5.41) is 14.8. The van der Waals surface area contributed by atoms with Crippen molar-refractivity contribution in [2.45, 2.75) is 0 Å². The molecule has 28 valence electrons. The van der Waals surface area contributed by atoms with Gasteiger partial charge in [-0.25, -0.2) is 0 Å². The van der Waals surface area contributed by atoms with Gasteiger partial charge in [0.05, 0.1) is 5.09 Å². The van der Waals surface area contributed by atoms with Crippen LogP contribution in [0, 0.1) is 15.3 Å². The summed E-state index contributed by atoms with van der Waals surface area (Å²) in [4.78, 5) is 8.25. The first-order valence-electron chi connectivity index (χ1n) is 0.548. The van der Waals surface area contributed by atoms with Crippen LogP contribution in [0.4, 0.5) is 0 Å². The van der Waals surface area contributed by atoms with Gasteiger partial charge in [-0.15, -0.1) is 0 Å². The molecule has 0 amide bonds. The molecule has 0 aromatic rings.